The van der Waals surface area contributed by atoms with Crippen LogP contribution in [0, 0.1) is 11.8 Å². The van der Waals surface area contributed by atoms with Gasteiger partial charge in [-0.3, -0.25) is 4.90 Å². The van der Waals surface area contributed by atoms with Crippen LogP contribution >= 0.6 is 0 Å². The summed E-state index contributed by atoms with van der Waals surface area (Å²) in [6.07, 6.45) is 4.21. The van der Waals surface area contributed by atoms with E-state index in [-0.39, 0.29) is 0 Å². The Bertz CT molecular complexity index is 195. The van der Waals surface area contributed by atoms with Crippen LogP contribution in [0.25, 0.3) is 0 Å². The summed E-state index contributed by atoms with van der Waals surface area (Å²) < 4.78 is 0. The molecule has 2 rings (SSSR count). The van der Waals surface area contributed by atoms with Gasteiger partial charge in [-0.1, -0.05) is 13.8 Å². The molecule has 2 heteroatoms. The fraction of sp³-hybridized carbons (Fsp3) is 1.00. The minimum absolute atomic E-state index is 0.876. The number of hydrogen-bond donors (Lipinski definition) is 0. The van der Waals surface area contributed by atoms with Crippen LogP contribution in [-0.4, -0.2) is 49.1 Å². The first-order valence-electron chi connectivity index (χ1n) is 6.59. The molecule has 2 fully saturated rings. The molecule has 1 atom stereocenters. The van der Waals surface area contributed by atoms with Crippen molar-refractivity contribution in [2.24, 2.45) is 11.8 Å². The zero-order chi connectivity index (χ0) is 10.8. The molecular formula is C13H26N2. The molecule has 15 heavy (non-hydrogen) atoms. The third-order valence-electron chi connectivity index (χ3n) is 4.40. The van der Waals surface area contributed by atoms with Crippen LogP contribution in [0.5, 0.6) is 0 Å². The topological polar surface area (TPSA) is 6.48 Å². The van der Waals surface area contributed by atoms with Gasteiger partial charge in [-0.05, 0) is 57.8 Å². The predicted octanol–water partition coefficient (Wildman–Crippen LogP) is 2.06. The number of nitrogens with zero attached hydrogens (tertiary/aromatic N) is 2. The molecule has 0 aromatic carbocycles. The Kier molecular flexibility index (Phi) is 3.68. The monoisotopic (exact) mass is 210 g/mol. The lowest BCUT2D eigenvalue weighted by molar-refractivity contribution is 0.137. The van der Waals surface area contributed by atoms with Crippen molar-refractivity contribution in [3.8, 4) is 0 Å². The Morgan fingerprint density at radius 3 is 2.20 bits per heavy atom. The Labute approximate surface area is 94.6 Å². The van der Waals surface area contributed by atoms with Crippen molar-refractivity contribution < 1.29 is 0 Å². The summed E-state index contributed by atoms with van der Waals surface area (Å²) >= 11 is 0. The minimum atomic E-state index is 0.876. The van der Waals surface area contributed by atoms with Crippen LogP contribution < -0.4 is 0 Å². The van der Waals surface area contributed by atoms with Gasteiger partial charge < -0.3 is 4.90 Å². The third kappa shape index (κ3) is 2.73. The summed E-state index contributed by atoms with van der Waals surface area (Å²) in [6, 6.07) is 0.893. The summed E-state index contributed by atoms with van der Waals surface area (Å²) in [7, 11) is 2.25. The second-order valence-corrected chi connectivity index (χ2v) is 5.82. The van der Waals surface area contributed by atoms with E-state index in [9.17, 15) is 0 Å². The van der Waals surface area contributed by atoms with Crippen LogP contribution in [0.2, 0.25) is 0 Å². The van der Waals surface area contributed by atoms with Crippen molar-refractivity contribution in [3.05, 3.63) is 0 Å². The largest absolute Gasteiger partial charge is 0.306 e. The Morgan fingerprint density at radius 1 is 1.00 bits per heavy atom. The van der Waals surface area contributed by atoms with E-state index in [4.69, 9.17) is 0 Å². The highest BCUT2D eigenvalue weighted by Gasteiger charge is 2.30. The number of hydrogen-bond acceptors (Lipinski definition) is 2. The molecule has 0 radical (unpaired) electrons. The van der Waals surface area contributed by atoms with Gasteiger partial charge in [-0.2, -0.15) is 0 Å². The van der Waals surface area contributed by atoms with Gasteiger partial charge in [0.1, 0.15) is 0 Å². The maximum Gasteiger partial charge on any atom is 0.0120 e. The van der Waals surface area contributed by atoms with Gasteiger partial charge in [0, 0.05) is 12.6 Å². The van der Waals surface area contributed by atoms with Crippen molar-refractivity contribution in [2.45, 2.75) is 39.2 Å². The SMILES string of the molecule is CC(C)[C@@H]1CCN(C2CCN(C)CC2)C1. The molecule has 88 valence electrons. The molecule has 0 bridgehead atoms. The standard InChI is InChI=1S/C13H26N2/c1-11(2)12-4-9-15(10-12)13-5-7-14(3)8-6-13/h11-13H,4-10H2,1-3H3/t12-/m1/s1. The first-order chi connectivity index (χ1) is 7.16. The lowest BCUT2D eigenvalue weighted by Crippen LogP contribution is -2.42. The molecule has 2 saturated heterocycles. The van der Waals surface area contributed by atoms with Gasteiger partial charge in [0.05, 0.1) is 0 Å². The van der Waals surface area contributed by atoms with Gasteiger partial charge in [-0.25, -0.2) is 0 Å². The van der Waals surface area contributed by atoms with Crippen molar-refractivity contribution in [1.82, 2.24) is 9.80 Å². The van der Waals surface area contributed by atoms with E-state index in [2.05, 4.69) is 30.7 Å². The average molecular weight is 210 g/mol. The summed E-state index contributed by atoms with van der Waals surface area (Å²) in [5.41, 5.74) is 0. The molecule has 0 N–H and O–H groups in total. The van der Waals surface area contributed by atoms with Crippen LogP contribution in [0.15, 0.2) is 0 Å². The van der Waals surface area contributed by atoms with E-state index in [1.165, 1.54) is 45.4 Å². The first-order valence-corrected chi connectivity index (χ1v) is 6.59. The van der Waals surface area contributed by atoms with E-state index in [1.54, 1.807) is 0 Å². The van der Waals surface area contributed by atoms with Crippen molar-refractivity contribution in [3.63, 3.8) is 0 Å². The van der Waals surface area contributed by atoms with Crippen molar-refractivity contribution >= 4 is 0 Å². The van der Waals surface area contributed by atoms with E-state index < -0.39 is 0 Å². The van der Waals surface area contributed by atoms with Crippen LogP contribution in [0.3, 0.4) is 0 Å². The van der Waals surface area contributed by atoms with Gasteiger partial charge in [0.25, 0.3) is 0 Å². The van der Waals surface area contributed by atoms with Gasteiger partial charge in [-0.15, -0.1) is 0 Å². The molecule has 0 saturated carbocycles. The lowest BCUT2D eigenvalue weighted by atomic mass is 9.95. The molecule has 2 nitrogen and oxygen atoms in total. The van der Waals surface area contributed by atoms with Gasteiger partial charge >= 0.3 is 0 Å². The fourth-order valence-electron chi connectivity index (χ4n) is 3.05. The smallest absolute Gasteiger partial charge is 0.0120 e. The molecule has 2 aliphatic heterocycles. The van der Waals surface area contributed by atoms with E-state index in [0.29, 0.717) is 0 Å². The van der Waals surface area contributed by atoms with Crippen LogP contribution in [0.1, 0.15) is 33.1 Å². The van der Waals surface area contributed by atoms with Crippen LogP contribution in [0.4, 0.5) is 0 Å². The van der Waals surface area contributed by atoms with Gasteiger partial charge in [0.2, 0.25) is 0 Å². The molecule has 2 heterocycles. The molecule has 0 aliphatic carbocycles. The summed E-state index contributed by atoms with van der Waals surface area (Å²) in [5, 5.41) is 0. The first kappa shape index (κ1) is 11.4. The Balaban J connectivity index is 1.80. The molecule has 0 amide bonds. The maximum atomic E-state index is 2.76. The highest BCUT2D eigenvalue weighted by atomic mass is 15.2. The summed E-state index contributed by atoms with van der Waals surface area (Å²) in [5.74, 6) is 1.84. The molecule has 0 unspecified atom stereocenters. The molecule has 0 spiro atoms. The second-order valence-electron chi connectivity index (χ2n) is 5.82. The molecule has 2 aliphatic rings. The van der Waals surface area contributed by atoms with Crippen molar-refractivity contribution in [1.29, 1.82) is 0 Å². The Hall–Kier alpha value is -0.0800. The van der Waals surface area contributed by atoms with E-state index >= 15 is 0 Å². The third-order valence-corrected chi connectivity index (χ3v) is 4.40. The molecule has 0 aromatic rings. The van der Waals surface area contributed by atoms with E-state index in [1.807, 2.05) is 0 Å². The van der Waals surface area contributed by atoms with E-state index in [0.717, 1.165) is 17.9 Å². The summed E-state index contributed by atoms with van der Waals surface area (Å²) in [6.45, 7) is 10.1. The maximum absolute atomic E-state index is 2.76. The summed E-state index contributed by atoms with van der Waals surface area (Å²) in [4.78, 5) is 5.23. The highest BCUT2D eigenvalue weighted by Crippen LogP contribution is 2.28. The predicted molar refractivity (Wildman–Crippen MR) is 65.0 cm³/mol. The zero-order valence-electron chi connectivity index (χ0n) is 10.6. The zero-order valence-corrected chi connectivity index (χ0v) is 10.6. The van der Waals surface area contributed by atoms with Crippen LogP contribution in [-0.2, 0) is 0 Å². The second kappa shape index (κ2) is 4.84. The highest BCUT2D eigenvalue weighted by molar-refractivity contribution is 4.85. The quantitative estimate of drug-likeness (QED) is 0.688. The number of likely N-dealkylation sites (tertiary alicyclic amines) is 2. The minimum Gasteiger partial charge on any atom is -0.306 e. The fourth-order valence-corrected chi connectivity index (χ4v) is 3.05. The van der Waals surface area contributed by atoms with Gasteiger partial charge in [0.15, 0.2) is 0 Å². The number of piperidine rings is 1. The number of rotatable bonds is 2. The normalized spacial score (nSPS) is 31.6. The van der Waals surface area contributed by atoms with Crippen molar-refractivity contribution in [2.75, 3.05) is 33.2 Å². The molecule has 0 aromatic heterocycles. The average Bonchev–Trinajstić information content (AvgIpc) is 2.68. The molecular weight excluding hydrogens is 184 g/mol. The lowest BCUT2D eigenvalue weighted by Gasteiger charge is -2.35. The Morgan fingerprint density at radius 2 is 1.67 bits per heavy atom.